The molecule has 3 aliphatic rings. The van der Waals surface area contributed by atoms with E-state index in [1.54, 1.807) is 0 Å². The molecule has 4 rings (SSSR count). The number of benzene rings is 1. The van der Waals surface area contributed by atoms with Gasteiger partial charge in [-0.2, -0.15) is 0 Å². The van der Waals surface area contributed by atoms with Crippen LogP contribution < -0.4 is 4.74 Å². The first-order chi connectivity index (χ1) is 16.2. The van der Waals surface area contributed by atoms with Gasteiger partial charge < -0.3 is 4.74 Å². The Hall–Kier alpha value is -1.83. The lowest BCUT2D eigenvalue weighted by atomic mass is 9.59. The van der Waals surface area contributed by atoms with Crippen LogP contribution in [0.4, 0.5) is 0 Å². The summed E-state index contributed by atoms with van der Waals surface area (Å²) in [5.74, 6) is 4.75. The molecule has 0 spiro atoms. The van der Waals surface area contributed by atoms with Crippen molar-refractivity contribution in [2.75, 3.05) is 0 Å². The van der Waals surface area contributed by atoms with Crippen molar-refractivity contribution in [2.24, 2.45) is 35.5 Å². The van der Waals surface area contributed by atoms with Gasteiger partial charge >= 0.3 is 5.97 Å². The Morgan fingerprint density at radius 2 is 1.64 bits per heavy atom. The number of carbonyl (C=O) groups excluding carboxylic acids is 1. The second-order valence-corrected chi connectivity index (χ2v) is 10.9. The highest BCUT2D eigenvalue weighted by Crippen LogP contribution is 2.50. The molecule has 3 saturated carbocycles. The number of hydrogen-bond acceptors (Lipinski definition) is 2. The van der Waals surface area contributed by atoms with Crippen molar-refractivity contribution in [3.05, 3.63) is 54.1 Å². The van der Waals surface area contributed by atoms with Gasteiger partial charge in [-0.3, -0.25) is 4.79 Å². The molecular weight excluding hydrogens is 404 g/mol. The lowest BCUT2D eigenvalue weighted by molar-refractivity contribution is -0.144. The standard InChI is InChI=1S/C31H44O2/c1-3-5-6-9-24-14-19-28(20-15-24)33-31(32)30-11-7-10-27-22-26(18-21-29(27)30)25-16-12-23(8-4-2)13-17-25/h3-5,8,14-15,19-20,23,25-27,29-30H,6-7,9-13,16-18,21-22H2,1-2H3/b5-3+,8-4+. The molecule has 0 heterocycles. The maximum Gasteiger partial charge on any atom is 0.314 e. The molecule has 180 valence electrons. The highest BCUT2D eigenvalue weighted by Gasteiger charge is 2.43. The van der Waals surface area contributed by atoms with Gasteiger partial charge in [0.1, 0.15) is 5.75 Å². The average molecular weight is 449 g/mol. The van der Waals surface area contributed by atoms with Crippen LogP contribution in [-0.2, 0) is 11.2 Å². The second kappa shape index (κ2) is 12.0. The summed E-state index contributed by atoms with van der Waals surface area (Å²) in [6.07, 6.45) is 24.0. The predicted octanol–water partition coefficient (Wildman–Crippen LogP) is 8.32. The van der Waals surface area contributed by atoms with Gasteiger partial charge in [-0.05, 0) is 125 Å². The zero-order valence-corrected chi connectivity index (χ0v) is 20.9. The summed E-state index contributed by atoms with van der Waals surface area (Å²) in [5, 5.41) is 0. The van der Waals surface area contributed by atoms with E-state index < -0.39 is 0 Å². The topological polar surface area (TPSA) is 26.3 Å². The lowest BCUT2D eigenvalue weighted by Gasteiger charge is -2.45. The van der Waals surface area contributed by atoms with E-state index in [-0.39, 0.29) is 11.9 Å². The predicted molar refractivity (Wildman–Crippen MR) is 137 cm³/mol. The molecule has 0 bridgehead atoms. The molecule has 0 amide bonds. The van der Waals surface area contributed by atoms with E-state index in [9.17, 15) is 4.79 Å². The van der Waals surface area contributed by atoms with Crippen molar-refractivity contribution in [1.29, 1.82) is 0 Å². The largest absolute Gasteiger partial charge is 0.426 e. The van der Waals surface area contributed by atoms with Crippen molar-refractivity contribution in [2.45, 2.75) is 90.9 Å². The van der Waals surface area contributed by atoms with Crippen LogP contribution in [0.3, 0.4) is 0 Å². The third-order valence-corrected chi connectivity index (χ3v) is 8.92. The molecule has 1 aromatic rings. The first-order valence-electron chi connectivity index (χ1n) is 13.7. The van der Waals surface area contributed by atoms with Gasteiger partial charge in [-0.25, -0.2) is 0 Å². The Morgan fingerprint density at radius 1 is 0.879 bits per heavy atom. The Labute approximate surface area is 201 Å². The SMILES string of the molecule is C/C=C/CCc1ccc(OC(=O)C2CCCC3CC(C4CCC(/C=C/C)CC4)CCC32)cc1. The van der Waals surface area contributed by atoms with E-state index in [1.165, 1.54) is 63.4 Å². The van der Waals surface area contributed by atoms with Crippen LogP contribution in [0.25, 0.3) is 0 Å². The van der Waals surface area contributed by atoms with Crippen LogP contribution in [0.15, 0.2) is 48.6 Å². The fraction of sp³-hybridized carbons (Fsp3) is 0.645. The average Bonchev–Trinajstić information content (AvgIpc) is 2.85. The quantitative estimate of drug-likeness (QED) is 0.238. The maximum atomic E-state index is 13.2. The first-order valence-corrected chi connectivity index (χ1v) is 13.7. The summed E-state index contributed by atoms with van der Waals surface area (Å²) in [5.41, 5.74) is 1.30. The zero-order valence-electron chi connectivity index (χ0n) is 20.9. The molecule has 2 heteroatoms. The smallest absolute Gasteiger partial charge is 0.314 e. The van der Waals surface area contributed by atoms with Gasteiger partial charge in [0.15, 0.2) is 0 Å². The van der Waals surface area contributed by atoms with E-state index in [0.717, 1.165) is 42.9 Å². The first kappa shape index (κ1) is 24.3. The summed E-state index contributed by atoms with van der Waals surface area (Å²) in [4.78, 5) is 13.2. The number of esters is 1. The molecule has 0 aromatic heterocycles. The Bertz CT molecular complexity index is 797. The number of fused-ring (bicyclic) bond motifs is 1. The fourth-order valence-electron chi connectivity index (χ4n) is 7.13. The van der Waals surface area contributed by atoms with Crippen LogP contribution in [0, 0.1) is 35.5 Å². The Kier molecular flexibility index (Phi) is 8.87. The monoisotopic (exact) mass is 448 g/mol. The normalized spacial score (nSPS) is 32.7. The second-order valence-electron chi connectivity index (χ2n) is 10.9. The molecule has 0 N–H and O–H groups in total. The van der Waals surface area contributed by atoms with Crippen LogP contribution >= 0.6 is 0 Å². The summed E-state index contributed by atoms with van der Waals surface area (Å²) < 4.78 is 5.90. The molecule has 0 radical (unpaired) electrons. The molecule has 3 aliphatic carbocycles. The summed E-state index contributed by atoms with van der Waals surface area (Å²) in [6, 6.07) is 8.16. The molecule has 3 fully saturated rings. The van der Waals surface area contributed by atoms with E-state index >= 15 is 0 Å². The van der Waals surface area contributed by atoms with Crippen molar-refractivity contribution in [3.63, 3.8) is 0 Å². The number of aryl methyl sites for hydroxylation is 1. The summed E-state index contributed by atoms with van der Waals surface area (Å²) >= 11 is 0. The lowest BCUT2D eigenvalue weighted by Crippen LogP contribution is -2.40. The molecule has 33 heavy (non-hydrogen) atoms. The van der Waals surface area contributed by atoms with Crippen LogP contribution in [-0.4, -0.2) is 5.97 Å². The summed E-state index contributed by atoms with van der Waals surface area (Å²) in [7, 11) is 0. The van der Waals surface area contributed by atoms with Crippen LogP contribution in [0.5, 0.6) is 5.75 Å². The van der Waals surface area contributed by atoms with Crippen LogP contribution in [0.1, 0.15) is 90.0 Å². The fourth-order valence-corrected chi connectivity index (χ4v) is 7.13. The minimum absolute atomic E-state index is 0.0247. The van der Waals surface area contributed by atoms with E-state index in [4.69, 9.17) is 4.74 Å². The Balaban J connectivity index is 1.29. The van der Waals surface area contributed by atoms with E-state index in [0.29, 0.717) is 11.7 Å². The van der Waals surface area contributed by atoms with Crippen LogP contribution in [0.2, 0.25) is 0 Å². The van der Waals surface area contributed by atoms with Gasteiger partial charge in [0, 0.05) is 0 Å². The van der Waals surface area contributed by atoms with E-state index in [1.807, 2.05) is 12.1 Å². The van der Waals surface area contributed by atoms with Gasteiger partial charge in [0.05, 0.1) is 5.92 Å². The molecular formula is C31H44O2. The minimum Gasteiger partial charge on any atom is -0.426 e. The van der Waals surface area contributed by atoms with Gasteiger partial charge in [0.2, 0.25) is 0 Å². The van der Waals surface area contributed by atoms with Crippen molar-refractivity contribution in [3.8, 4) is 5.75 Å². The van der Waals surface area contributed by atoms with Gasteiger partial charge in [0.25, 0.3) is 0 Å². The van der Waals surface area contributed by atoms with Crippen molar-refractivity contribution >= 4 is 5.97 Å². The van der Waals surface area contributed by atoms with Gasteiger partial charge in [-0.1, -0.05) is 49.3 Å². The molecule has 1 aromatic carbocycles. The molecule has 4 atom stereocenters. The molecule has 2 nitrogen and oxygen atoms in total. The maximum absolute atomic E-state index is 13.2. The Morgan fingerprint density at radius 3 is 2.36 bits per heavy atom. The number of carbonyl (C=O) groups is 1. The number of rotatable bonds is 7. The zero-order chi connectivity index (χ0) is 23.0. The third kappa shape index (κ3) is 6.40. The minimum atomic E-state index is 0.0247. The van der Waals surface area contributed by atoms with Crippen molar-refractivity contribution < 1.29 is 9.53 Å². The van der Waals surface area contributed by atoms with E-state index in [2.05, 4.69) is 50.3 Å². The molecule has 4 unspecified atom stereocenters. The summed E-state index contributed by atoms with van der Waals surface area (Å²) in [6.45, 7) is 4.21. The molecule has 0 aliphatic heterocycles. The molecule has 0 saturated heterocycles. The number of ether oxygens (including phenoxy) is 1. The third-order valence-electron chi connectivity index (χ3n) is 8.92. The van der Waals surface area contributed by atoms with Crippen molar-refractivity contribution in [1.82, 2.24) is 0 Å². The van der Waals surface area contributed by atoms with Gasteiger partial charge in [-0.15, -0.1) is 0 Å². The number of hydrogen-bond donors (Lipinski definition) is 0. The highest BCUT2D eigenvalue weighted by molar-refractivity contribution is 5.75. The highest BCUT2D eigenvalue weighted by atomic mass is 16.5. The number of allylic oxidation sites excluding steroid dienone is 4.